The molecule has 0 fully saturated rings. The first-order chi connectivity index (χ1) is 14.1. The third kappa shape index (κ3) is 3.85. The molecule has 1 atom stereocenters. The second-order valence-electron chi connectivity index (χ2n) is 6.84. The van der Waals surface area contributed by atoms with Crippen molar-refractivity contribution in [3.05, 3.63) is 92.1 Å². The molecule has 0 N–H and O–H groups in total. The van der Waals surface area contributed by atoms with Crippen LogP contribution in [-0.2, 0) is 0 Å². The van der Waals surface area contributed by atoms with Gasteiger partial charge in [-0.15, -0.1) is 0 Å². The highest BCUT2D eigenvalue weighted by Crippen LogP contribution is 2.38. The zero-order valence-electron chi connectivity index (χ0n) is 15.8. The summed E-state index contributed by atoms with van der Waals surface area (Å²) in [4.78, 5) is 12.2. The zero-order chi connectivity index (χ0) is 20.4. The van der Waals surface area contributed by atoms with Crippen LogP contribution in [0.25, 0.3) is 0 Å². The van der Waals surface area contributed by atoms with Crippen LogP contribution in [0.4, 0.5) is 0 Å². The SMILES string of the molecule is Cc1c(OC(c2ccc(C#N)cc2)c2ccccc2I)ccc2c1OCCC2=O. The number of Topliss-reactive ketones (excluding diaryl/α,β-unsaturated/α-hetero) is 1. The molecule has 0 saturated carbocycles. The Morgan fingerprint density at radius 1 is 1.10 bits per heavy atom. The van der Waals surface area contributed by atoms with Gasteiger partial charge in [-0.25, -0.2) is 0 Å². The van der Waals surface area contributed by atoms with Crippen LogP contribution in [0.3, 0.4) is 0 Å². The van der Waals surface area contributed by atoms with Crippen molar-refractivity contribution in [2.24, 2.45) is 0 Å². The van der Waals surface area contributed by atoms with Gasteiger partial charge >= 0.3 is 0 Å². The molecule has 0 aliphatic carbocycles. The Labute approximate surface area is 183 Å². The number of halogens is 1. The molecule has 144 valence electrons. The fraction of sp³-hybridized carbons (Fsp3) is 0.167. The Morgan fingerprint density at radius 2 is 1.86 bits per heavy atom. The highest BCUT2D eigenvalue weighted by atomic mass is 127. The van der Waals surface area contributed by atoms with Crippen molar-refractivity contribution in [3.63, 3.8) is 0 Å². The van der Waals surface area contributed by atoms with E-state index < -0.39 is 0 Å². The van der Waals surface area contributed by atoms with Gasteiger partial charge in [0.15, 0.2) is 5.78 Å². The molecule has 4 rings (SSSR count). The molecule has 0 aromatic heterocycles. The Morgan fingerprint density at radius 3 is 2.59 bits per heavy atom. The van der Waals surface area contributed by atoms with Gasteiger partial charge in [0.05, 0.1) is 23.8 Å². The molecule has 1 aliphatic heterocycles. The largest absolute Gasteiger partial charge is 0.492 e. The number of ether oxygens (including phenoxy) is 2. The zero-order valence-corrected chi connectivity index (χ0v) is 18.0. The number of carbonyl (C=O) groups is 1. The quantitative estimate of drug-likeness (QED) is 0.442. The predicted molar refractivity (Wildman–Crippen MR) is 118 cm³/mol. The number of fused-ring (bicyclic) bond motifs is 1. The van der Waals surface area contributed by atoms with E-state index in [1.807, 2.05) is 49.4 Å². The first kappa shape index (κ1) is 19.5. The highest BCUT2D eigenvalue weighted by Gasteiger charge is 2.25. The minimum atomic E-state index is -0.355. The van der Waals surface area contributed by atoms with Gasteiger partial charge < -0.3 is 9.47 Å². The van der Waals surface area contributed by atoms with E-state index in [-0.39, 0.29) is 11.9 Å². The van der Waals surface area contributed by atoms with Crippen LogP contribution in [0, 0.1) is 21.8 Å². The van der Waals surface area contributed by atoms with Crippen LogP contribution in [0.5, 0.6) is 11.5 Å². The molecule has 3 aromatic carbocycles. The van der Waals surface area contributed by atoms with Gasteiger partial charge in [-0.3, -0.25) is 4.79 Å². The van der Waals surface area contributed by atoms with Crippen LogP contribution in [0.1, 0.15) is 45.1 Å². The standard InChI is InChI=1S/C24H18INO3/c1-15-22(11-10-19-21(27)12-13-28-23(15)19)29-24(18-4-2-3-5-20(18)25)17-8-6-16(14-26)7-9-17/h2-11,24H,12-13H2,1H3. The maximum absolute atomic E-state index is 12.2. The summed E-state index contributed by atoms with van der Waals surface area (Å²) in [5.41, 5.74) is 4.02. The lowest BCUT2D eigenvalue weighted by molar-refractivity contribution is 0.0932. The Balaban J connectivity index is 1.78. The Hall–Kier alpha value is -2.85. The maximum atomic E-state index is 12.2. The minimum Gasteiger partial charge on any atom is -0.492 e. The molecule has 1 unspecified atom stereocenters. The van der Waals surface area contributed by atoms with Crippen LogP contribution in [0.2, 0.25) is 0 Å². The molecule has 0 amide bonds. The average molecular weight is 495 g/mol. The lowest BCUT2D eigenvalue weighted by Gasteiger charge is -2.25. The molecule has 4 nitrogen and oxygen atoms in total. The summed E-state index contributed by atoms with van der Waals surface area (Å²) in [5, 5.41) is 9.11. The van der Waals surface area contributed by atoms with E-state index in [0.717, 1.165) is 20.3 Å². The second kappa shape index (κ2) is 8.26. The van der Waals surface area contributed by atoms with E-state index >= 15 is 0 Å². The summed E-state index contributed by atoms with van der Waals surface area (Å²) in [6.07, 6.45) is 0.0507. The minimum absolute atomic E-state index is 0.0992. The van der Waals surface area contributed by atoms with Crippen molar-refractivity contribution in [1.82, 2.24) is 0 Å². The van der Waals surface area contributed by atoms with Crippen LogP contribution in [-0.4, -0.2) is 12.4 Å². The van der Waals surface area contributed by atoms with Crippen LogP contribution >= 0.6 is 22.6 Å². The third-order valence-corrected chi connectivity index (χ3v) is 5.99. The summed E-state index contributed by atoms with van der Waals surface area (Å²) >= 11 is 2.30. The number of hydrogen-bond donors (Lipinski definition) is 0. The third-order valence-electron chi connectivity index (χ3n) is 5.01. The number of nitriles is 1. The van der Waals surface area contributed by atoms with Crippen LogP contribution in [0.15, 0.2) is 60.7 Å². The fourth-order valence-corrected chi connectivity index (χ4v) is 4.12. The van der Waals surface area contributed by atoms with Crippen molar-refractivity contribution < 1.29 is 14.3 Å². The molecule has 0 bridgehead atoms. The molecule has 0 radical (unpaired) electrons. The predicted octanol–water partition coefficient (Wildman–Crippen LogP) is 5.60. The van der Waals surface area contributed by atoms with E-state index in [9.17, 15) is 4.79 Å². The Bertz CT molecular complexity index is 1120. The van der Waals surface area contributed by atoms with E-state index in [4.69, 9.17) is 14.7 Å². The molecule has 0 saturated heterocycles. The van der Waals surface area contributed by atoms with E-state index in [2.05, 4.69) is 28.7 Å². The second-order valence-corrected chi connectivity index (χ2v) is 8.00. The molecule has 1 heterocycles. The monoisotopic (exact) mass is 495 g/mol. The van der Waals surface area contributed by atoms with Crippen molar-refractivity contribution in [2.75, 3.05) is 6.61 Å². The summed E-state index contributed by atoms with van der Waals surface area (Å²) in [5.74, 6) is 1.38. The molecule has 29 heavy (non-hydrogen) atoms. The van der Waals surface area contributed by atoms with Gasteiger partial charge in [-0.2, -0.15) is 5.26 Å². The number of nitrogens with zero attached hydrogens (tertiary/aromatic N) is 1. The Kier molecular flexibility index (Phi) is 5.54. The van der Waals surface area contributed by atoms with Gasteiger partial charge in [0.2, 0.25) is 0 Å². The van der Waals surface area contributed by atoms with Gasteiger partial charge in [0.25, 0.3) is 0 Å². The number of benzene rings is 3. The lowest BCUT2D eigenvalue weighted by Crippen LogP contribution is -2.17. The fourth-order valence-electron chi connectivity index (χ4n) is 3.45. The van der Waals surface area contributed by atoms with E-state index in [1.165, 1.54) is 0 Å². The van der Waals surface area contributed by atoms with Crippen LogP contribution < -0.4 is 9.47 Å². The van der Waals surface area contributed by atoms with Gasteiger partial charge in [-0.1, -0.05) is 30.3 Å². The van der Waals surface area contributed by atoms with Crippen molar-refractivity contribution in [2.45, 2.75) is 19.4 Å². The summed E-state index contributed by atoms with van der Waals surface area (Å²) in [7, 11) is 0. The van der Waals surface area contributed by atoms with Crippen molar-refractivity contribution in [1.29, 1.82) is 5.26 Å². The number of rotatable bonds is 4. The smallest absolute Gasteiger partial charge is 0.170 e. The van der Waals surface area contributed by atoms with Gasteiger partial charge in [0.1, 0.15) is 17.6 Å². The highest BCUT2D eigenvalue weighted by molar-refractivity contribution is 14.1. The molecule has 3 aromatic rings. The summed E-state index contributed by atoms with van der Waals surface area (Å²) in [6, 6.07) is 21.3. The van der Waals surface area contributed by atoms with E-state index in [0.29, 0.717) is 35.7 Å². The van der Waals surface area contributed by atoms with E-state index in [1.54, 1.807) is 18.2 Å². The first-order valence-electron chi connectivity index (χ1n) is 9.29. The summed E-state index contributed by atoms with van der Waals surface area (Å²) < 4.78 is 13.4. The normalized spacial score (nSPS) is 13.8. The molecular formula is C24H18INO3. The summed E-state index contributed by atoms with van der Waals surface area (Å²) in [6.45, 7) is 2.31. The number of hydrogen-bond acceptors (Lipinski definition) is 4. The molecule has 0 spiro atoms. The van der Waals surface area contributed by atoms with Crippen molar-refractivity contribution in [3.8, 4) is 17.6 Å². The topological polar surface area (TPSA) is 59.3 Å². The lowest BCUT2D eigenvalue weighted by atomic mass is 9.99. The number of carbonyl (C=O) groups excluding carboxylic acids is 1. The molecule has 5 heteroatoms. The molecule has 1 aliphatic rings. The van der Waals surface area contributed by atoms with Crippen molar-refractivity contribution >= 4 is 28.4 Å². The number of ketones is 1. The molecular weight excluding hydrogens is 477 g/mol. The first-order valence-corrected chi connectivity index (χ1v) is 10.4. The maximum Gasteiger partial charge on any atom is 0.170 e. The average Bonchev–Trinajstić information content (AvgIpc) is 2.75. The van der Waals surface area contributed by atoms with Gasteiger partial charge in [0, 0.05) is 21.1 Å². The van der Waals surface area contributed by atoms with Gasteiger partial charge in [-0.05, 0) is 65.4 Å².